The van der Waals surface area contributed by atoms with Gasteiger partial charge in [0, 0.05) is 18.7 Å². The molecule has 0 fully saturated rings. The van der Waals surface area contributed by atoms with Crippen molar-refractivity contribution in [3.8, 4) is 0 Å². The number of fused-ring (bicyclic) bond motifs is 1. The van der Waals surface area contributed by atoms with Crippen LogP contribution >= 0.6 is 0 Å². The fourth-order valence-electron chi connectivity index (χ4n) is 2.92. The zero-order valence-corrected chi connectivity index (χ0v) is 11.7. The van der Waals surface area contributed by atoms with Gasteiger partial charge in [-0.2, -0.15) is 0 Å². The largest absolute Gasteiger partial charge is 0.397 e. The van der Waals surface area contributed by atoms with Crippen molar-refractivity contribution in [1.82, 2.24) is 0 Å². The standard InChI is InChI=1S/C16H21N3O/c17-13-10-14-12(5-6-16(20)19-14)9-15(13)18-8-7-11-3-1-2-4-11/h3,9-10,18H,1-2,4-8,17H2,(H,19,20). The summed E-state index contributed by atoms with van der Waals surface area (Å²) in [4.78, 5) is 11.4. The second-order valence-electron chi connectivity index (χ2n) is 5.58. The maximum Gasteiger partial charge on any atom is 0.224 e. The molecule has 3 rings (SSSR count). The molecule has 4 nitrogen and oxygen atoms in total. The van der Waals surface area contributed by atoms with Crippen molar-refractivity contribution >= 4 is 23.0 Å². The molecule has 1 aromatic carbocycles. The van der Waals surface area contributed by atoms with Crippen LogP contribution in [0, 0.1) is 0 Å². The number of nitrogens with one attached hydrogen (secondary N) is 2. The van der Waals surface area contributed by atoms with Gasteiger partial charge in [0.25, 0.3) is 0 Å². The molecule has 1 aliphatic heterocycles. The van der Waals surface area contributed by atoms with Crippen molar-refractivity contribution in [2.45, 2.75) is 38.5 Å². The van der Waals surface area contributed by atoms with Gasteiger partial charge in [0.1, 0.15) is 0 Å². The van der Waals surface area contributed by atoms with E-state index in [0.717, 1.165) is 30.8 Å². The Balaban J connectivity index is 1.65. The van der Waals surface area contributed by atoms with Crippen LogP contribution in [0.25, 0.3) is 0 Å². The summed E-state index contributed by atoms with van der Waals surface area (Å²) in [6.45, 7) is 0.918. The average Bonchev–Trinajstić information content (AvgIpc) is 2.93. The van der Waals surface area contributed by atoms with Gasteiger partial charge in [0.15, 0.2) is 0 Å². The van der Waals surface area contributed by atoms with Crippen molar-refractivity contribution < 1.29 is 4.79 Å². The third kappa shape index (κ3) is 2.79. The maximum atomic E-state index is 11.4. The number of amides is 1. The predicted octanol–water partition coefficient (Wildman–Crippen LogP) is 3.07. The van der Waals surface area contributed by atoms with Crippen LogP contribution in [0.5, 0.6) is 0 Å². The summed E-state index contributed by atoms with van der Waals surface area (Å²) in [5.41, 5.74) is 11.3. The lowest BCUT2D eigenvalue weighted by Crippen LogP contribution is -2.19. The minimum atomic E-state index is 0.0748. The fraction of sp³-hybridized carbons (Fsp3) is 0.438. The Morgan fingerprint density at radius 1 is 1.25 bits per heavy atom. The Kier molecular flexibility index (Phi) is 3.63. The Labute approximate surface area is 119 Å². The summed E-state index contributed by atoms with van der Waals surface area (Å²) in [5.74, 6) is 0.0748. The Morgan fingerprint density at radius 2 is 2.15 bits per heavy atom. The molecule has 106 valence electrons. The van der Waals surface area contributed by atoms with Crippen molar-refractivity contribution in [2.24, 2.45) is 0 Å². The van der Waals surface area contributed by atoms with Gasteiger partial charge in [-0.05, 0) is 49.8 Å². The van der Waals surface area contributed by atoms with E-state index in [1.165, 1.54) is 24.8 Å². The number of anilines is 3. The van der Waals surface area contributed by atoms with E-state index in [4.69, 9.17) is 5.73 Å². The molecular formula is C16H21N3O. The minimum Gasteiger partial charge on any atom is -0.397 e. The van der Waals surface area contributed by atoms with Crippen LogP contribution in [0.4, 0.5) is 17.1 Å². The number of hydrogen-bond donors (Lipinski definition) is 3. The summed E-state index contributed by atoms with van der Waals surface area (Å²) in [6.07, 6.45) is 8.57. The van der Waals surface area contributed by atoms with Gasteiger partial charge in [-0.15, -0.1) is 0 Å². The molecule has 1 amide bonds. The third-order valence-electron chi connectivity index (χ3n) is 4.07. The molecule has 4 N–H and O–H groups in total. The normalized spacial score (nSPS) is 17.4. The van der Waals surface area contributed by atoms with Crippen LogP contribution in [0.2, 0.25) is 0 Å². The number of rotatable bonds is 4. The Bertz CT molecular complexity index is 563. The number of allylic oxidation sites excluding steroid dienone is 1. The number of aryl methyl sites for hydroxylation is 1. The van der Waals surface area contributed by atoms with E-state index < -0.39 is 0 Å². The maximum absolute atomic E-state index is 11.4. The predicted molar refractivity (Wildman–Crippen MR) is 82.8 cm³/mol. The van der Waals surface area contributed by atoms with E-state index in [9.17, 15) is 4.79 Å². The van der Waals surface area contributed by atoms with E-state index in [-0.39, 0.29) is 5.91 Å². The highest BCUT2D eigenvalue weighted by molar-refractivity contribution is 5.95. The monoisotopic (exact) mass is 271 g/mol. The van der Waals surface area contributed by atoms with Crippen LogP contribution < -0.4 is 16.4 Å². The summed E-state index contributed by atoms with van der Waals surface area (Å²) in [6, 6.07) is 3.94. The van der Waals surface area contributed by atoms with Gasteiger partial charge in [0.05, 0.1) is 11.4 Å². The quantitative estimate of drug-likeness (QED) is 0.582. The first-order chi connectivity index (χ1) is 9.72. The molecule has 0 saturated heterocycles. The SMILES string of the molecule is Nc1cc2c(cc1NCCC1=CCCC1)CCC(=O)N2. The number of carbonyl (C=O) groups excluding carboxylic acids is 1. The second kappa shape index (κ2) is 5.57. The molecule has 2 aliphatic rings. The summed E-state index contributed by atoms with van der Waals surface area (Å²) in [5, 5.41) is 6.30. The molecular weight excluding hydrogens is 250 g/mol. The molecule has 0 aromatic heterocycles. The van der Waals surface area contributed by atoms with Gasteiger partial charge in [-0.3, -0.25) is 4.79 Å². The topological polar surface area (TPSA) is 67.1 Å². The van der Waals surface area contributed by atoms with Crippen molar-refractivity contribution in [1.29, 1.82) is 0 Å². The van der Waals surface area contributed by atoms with E-state index >= 15 is 0 Å². The third-order valence-corrected chi connectivity index (χ3v) is 4.07. The minimum absolute atomic E-state index is 0.0748. The highest BCUT2D eigenvalue weighted by Gasteiger charge is 2.16. The smallest absolute Gasteiger partial charge is 0.224 e. The number of benzene rings is 1. The lowest BCUT2D eigenvalue weighted by Gasteiger charge is -2.20. The molecule has 4 heteroatoms. The number of nitrogen functional groups attached to an aromatic ring is 1. The van der Waals surface area contributed by atoms with Crippen LogP contribution in [0.3, 0.4) is 0 Å². The molecule has 0 unspecified atom stereocenters. The molecule has 1 aromatic rings. The van der Waals surface area contributed by atoms with Crippen molar-refractivity contribution in [3.63, 3.8) is 0 Å². The van der Waals surface area contributed by atoms with Crippen LogP contribution in [0.1, 0.15) is 37.7 Å². The van der Waals surface area contributed by atoms with Gasteiger partial charge in [-0.1, -0.05) is 11.6 Å². The summed E-state index contributed by atoms with van der Waals surface area (Å²) >= 11 is 0. The lowest BCUT2D eigenvalue weighted by atomic mass is 10.0. The molecule has 20 heavy (non-hydrogen) atoms. The highest BCUT2D eigenvalue weighted by Crippen LogP contribution is 2.31. The molecule has 0 spiro atoms. The highest BCUT2D eigenvalue weighted by atomic mass is 16.1. The van der Waals surface area contributed by atoms with Gasteiger partial charge < -0.3 is 16.4 Å². The van der Waals surface area contributed by atoms with E-state index in [1.807, 2.05) is 6.07 Å². The van der Waals surface area contributed by atoms with Crippen LogP contribution in [0.15, 0.2) is 23.8 Å². The molecule has 0 atom stereocenters. The van der Waals surface area contributed by atoms with E-state index in [0.29, 0.717) is 12.1 Å². The van der Waals surface area contributed by atoms with Crippen LogP contribution in [-0.2, 0) is 11.2 Å². The average molecular weight is 271 g/mol. The molecule has 0 radical (unpaired) electrons. The van der Waals surface area contributed by atoms with Gasteiger partial charge in [-0.25, -0.2) is 0 Å². The fourth-order valence-corrected chi connectivity index (χ4v) is 2.92. The first-order valence-corrected chi connectivity index (χ1v) is 7.36. The molecule has 0 saturated carbocycles. The molecule has 0 bridgehead atoms. The van der Waals surface area contributed by atoms with E-state index in [2.05, 4.69) is 22.8 Å². The zero-order chi connectivity index (χ0) is 13.9. The number of hydrogen-bond acceptors (Lipinski definition) is 3. The van der Waals surface area contributed by atoms with Crippen molar-refractivity contribution in [2.75, 3.05) is 22.9 Å². The Hall–Kier alpha value is -1.97. The van der Waals surface area contributed by atoms with Gasteiger partial charge in [0.2, 0.25) is 5.91 Å². The number of carbonyl (C=O) groups is 1. The summed E-state index contributed by atoms with van der Waals surface area (Å²) in [7, 11) is 0. The molecule has 1 aliphatic carbocycles. The number of nitrogens with two attached hydrogens (primary N) is 1. The van der Waals surface area contributed by atoms with Crippen LogP contribution in [-0.4, -0.2) is 12.5 Å². The zero-order valence-electron chi connectivity index (χ0n) is 11.7. The second-order valence-corrected chi connectivity index (χ2v) is 5.58. The first-order valence-electron chi connectivity index (χ1n) is 7.36. The Morgan fingerprint density at radius 3 is 2.95 bits per heavy atom. The molecule has 1 heterocycles. The van der Waals surface area contributed by atoms with E-state index in [1.54, 1.807) is 5.57 Å². The summed E-state index contributed by atoms with van der Waals surface area (Å²) < 4.78 is 0. The lowest BCUT2D eigenvalue weighted by molar-refractivity contribution is -0.116. The van der Waals surface area contributed by atoms with Crippen molar-refractivity contribution in [3.05, 3.63) is 29.3 Å². The van der Waals surface area contributed by atoms with Gasteiger partial charge >= 0.3 is 0 Å². The first kappa shape index (κ1) is 13.0.